The summed E-state index contributed by atoms with van der Waals surface area (Å²) in [4.78, 5) is 33.4. The molecule has 0 saturated heterocycles. The summed E-state index contributed by atoms with van der Waals surface area (Å²) >= 11 is 0. The van der Waals surface area contributed by atoms with Crippen LogP contribution in [0.3, 0.4) is 0 Å². The largest absolute Gasteiger partial charge is 0.493 e. The number of amides is 1. The third kappa shape index (κ3) is 4.08. The molecule has 0 aromatic heterocycles. The number of nitrogens with zero attached hydrogens (tertiary/aromatic N) is 1. The molecular weight excluding hydrogens is 296 g/mol. The highest BCUT2D eigenvalue weighted by molar-refractivity contribution is 5.96. The quantitative estimate of drug-likeness (QED) is 0.451. The normalized spacial score (nSPS) is 9.77. The van der Waals surface area contributed by atoms with Crippen LogP contribution in [0.5, 0.6) is 11.5 Å². The van der Waals surface area contributed by atoms with Gasteiger partial charge in [0.25, 0.3) is 11.6 Å². The van der Waals surface area contributed by atoms with Gasteiger partial charge in [0.05, 0.1) is 24.7 Å². The van der Waals surface area contributed by atoms with Gasteiger partial charge in [0.1, 0.15) is 5.56 Å². The monoisotopic (exact) mass is 312 g/mol. The van der Waals surface area contributed by atoms with Crippen molar-refractivity contribution in [2.75, 3.05) is 27.4 Å². The zero-order chi connectivity index (χ0) is 16.7. The Hall–Kier alpha value is -2.84. The number of hydrogen-bond acceptors (Lipinski definition) is 7. The number of nitrogens with one attached hydrogen (secondary N) is 1. The van der Waals surface area contributed by atoms with Gasteiger partial charge in [-0.2, -0.15) is 0 Å². The van der Waals surface area contributed by atoms with Gasteiger partial charge in [0.15, 0.2) is 18.1 Å². The number of hydrogen-bond donors (Lipinski definition) is 1. The van der Waals surface area contributed by atoms with Crippen molar-refractivity contribution in [3.8, 4) is 11.5 Å². The SMILES string of the molecule is CCOc1cc(C(=O)OCC(=O)NC)c([N+](=O)[O-])cc1OC. The van der Waals surface area contributed by atoms with Gasteiger partial charge in [0, 0.05) is 13.1 Å². The van der Waals surface area contributed by atoms with Crippen LogP contribution < -0.4 is 14.8 Å². The second kappa shape index (κ2) is 7.81. The second-order valence-corrected chi connectivity index (χ2v) is 3.96. The number of likely N-dealkylation sites (N-methyl/N-ethyl adjacent to an activating group) is 1. The Morgan fingerprint density at radius 2 is 2.00 bits per heavy atom. The van der Waals surface area contributed by atoms with Crippen LogP contribution in [0.1, 0.15) is 17.3 Å². The minimum absolute atomic E-state index is 0.122. The molecule has 9 heteroatoms. The molecule has 0 saturated carbocycles. The third-order valence-corrected chi connectivity index (χ3v) is 2.61. The van der Waals surface area contributed by atoms with E-state index in [2.05, 4.69) is 5.32 Å². The maximum absolute atomic E-state index is 11.9. The van der Waals surface area contributed by atoms with Gasteiger partial charge < -0.3 is 19.5 Å². The molecule has 1 aromatic carbocycles. The molecule has 1 N–H and O–H groups in total. The van der Waals surface area contributed by atoms with Crippen molar-refractivity contribution in [3.05, 3.63) is 27.8 Å². The van der Waals surface area contributed by atoms with Crippen molar-refractivity contribution in [3.63, 3.8) is 0 Å². The molecule has 1 rings (SSSR count). The van der Waals surface area contributed by atoms with E-state index in [1.165, 1.54) is 14.2 Å². The van der Waals surface area contributed by atoms with Gasteiger partial charge in [-0.25, -0.2) is 4.79 Å². The first-order valence-electron chi connectivity index (χ1n) is 6.31. The molecule has 0 spiro atoms. The van der Waals surface area contributed by atoms with Crippen LogP contribution in [0.25, 0.3) is 0 Å². The predicted octanol–water partition coefficient (Wildman–Crippen LogP) is 0.905. The molecule has 0 fully saturated rings. The summed E-state index contributed by atoms with van der Waals surface area (Å²) in [5.74, 6) is -1.24. The van der Waals surface area contributed by atoms with Crippen LogP contribution in [0.15, 0.2) is 12.1 Å². The van der Waals surface area contributed by atoms with E-state index < -0.39 is 29.1 Å². The highest BCUT2D eigenvalue weighted by Crippen LogP contribution is 2.35. The Morgan fingerprint density at radius 3 is 2.50 bits per heavy atom. The Labute approximate surface area is 126 Å². The average Bonchev–Trinajstić information content (AvgIpc) is 2.51. The van der Waals surface area contributed by atoms with Crippen LogP contribution in [0.2, 0.25) is 0 Å². The summed E-state index contributed by atoms with van der Waals surface area (Å²) in [6.45, 7) is 1.45. The van der Waals surface area contributed by atoms with Gasteiger partial charge in [-0.05, 0) is 6.92 Å². The smallest absolute Gasteiger partial charge is 0.345 e. The van der Waals surface area contributed by atoms with Crippen LogP contribution in [0.4, 0.5) is 5.69 Å². The van der Waals surface area contributed by atoms with E-state index in [4.69, 9.17) is 14.2 Å². The number of nitro groups is 1. The molecule has 0 radical (unpaired) electrons. The molecule has 0 aliphatic rings. The summed E-state index contributed by atoms with van der Waals surface area (Å²) in [7, 11) is 2.70. The maximum atomic E-state index is 11.9. The zero-order valence-corrected chi connectivity index (χ0v) is 12.4. The van der Waals surface area contributed by atoms with E-state index in [0.29, 0.717) is 0 Å². The Bertz CT molecular complexity index is 586. The second-order valence-electron chi connectivity index (χ2n) is 3.96. The lowest BCUT2D eigenvalue weighted by atomic mass is 10.1. The molecule has 0 atom stereocenters. The molecule has 22 heavy (non-hydrogen) atoms. The van der Waals surface area contributed by atoms with Crippen molar-refractivity contribution in [2.45, 2.75) is 6.92 Å². The number of esters is 1. The van der Waals surface area contributed by atoms with Crippen molar-refractivity contribution in [1.29, 1.82) is 0 Å². The molecule has 1 aromatic rings. The van der Waals surface area contributed by atoms with E-state index in [9.17, 15) is 19.7 Å². The summed E-state index contributed by atoms with van der Waals surface area (Å²) in [6, 6.07) is 2.23. The summed E-state index contributed by atoms with van der Waals surface area (Å²) in [5, 5.41) is 13.3. The first kappa shape index (κ1) is 17.2. The molecule has 9 nitrogen and oxygen atoms in total. The Balaban J connectivity index is 3.19. The molecule has 0 aliphatic carbocycles. The number of benzene rings is 1. The molecule has 0 aliphatic heterocycles. The van der Waals surface area contributed by atoms with Gasteiger partial charge in [-0.3, -0.25) is 14.9 Å². The Kier molecular flexibility index (Phi) is 6.11. The minimum atomic E-state index is -1.00. The van der Waals surface area contributed by atoms with Crippen molar-refractivity contribution >= 4 is 17.6 Å². The number of nitro benzene ring substituents is 1. The van der Waals surface area contributed by atoms with Crippen molar-refractivity contribution in [1.82, 2.24) is 5.32 Å². The lowest BCUT2D eigenvalue weighted by Gasteiger charge is -2.11. The fraction of sp³-hybridized carbons (Fsp3) is 0.385. The predicted molar refractivity (Wildman–Crippen MR) is 75.2 cm³/mol. The lowest BCUT2D eigenvalue weighted by molar-refractivity contribution is -0.385. The molecule has 0 unspecified atom stereocenters. The fourth-order valence-electron chi connectivity index (χ4n) is 1.57. The lowest BCUT2D eigenvalue weighted by Crippen LogP contribution is -2.25. The maximum Gasteiger partial charge on any atom is 0.345 e. The highest BCUT2D eigenvalue weighted by Gasteiger charge is 2.26. The summed E-state index contributed by atoms with van der Waals surface area (Å²) in [5.41, 5.74) is -0.819. The van der Waals surface area contributed by atoms with Crippen LogP contribution >= 0.6 is 0 Å². The minimum Gasteiger partial charge on any atom is -0.493 e. The molecule has 1 amide bonds. The number of carbonyl (C=O) groups excluding carboxylic acids is 2. The summed E-state index contributed by atoms with van der Waals surface area (Å²) in [6.07, 6.45) is 0. The number of rotatable bonds is 7. The van der Waals surface area contributed by atoms with E-state index >= 15 is 0 Å². The van der Waals surface area contributed by atoms with Gasteiger partial charge >= 0.3 is 5.97 Å². The van der Waals surface area contributed by atoms with Crippen LogP contribution in [0, 0.1) is 10.1 Å². The van der Waals surface area contributed by atoms with Crippen molar-refractivity contribution < 1.29 is 28.7 Å². The zero-order valence-electron chi connectivity index (χ0n) is 12.4. The van der Waals surface area contributed by atoms with E-state index in [1.54, 1.807) is 6.92 Å². The number of ether oxygens (including phenoxy) is 3. The molecular formula is C13H16N2O7. The third-order valence-electron chi connectivity index (χ3n) is 2.61. The summed E-state index contributed by atoms with van der Waals surface area (Å²) < 4.78 is 15.0. The van der Waals surface area contributed by atoms with Crippen molar-refractivity contribution in [2.24, 2.45) is 0 Å². The fourth-order valence-corrected chi connectivity index (χ4v) is 1.57. The standard InChI is InChI=1S/C13H16N2O7/c1-4-21-11-5-8(13(17)22-7-12(16)14-2)9(15(18)19)6-10(11)20-3/h5-6H,4,7H2,1-3H3,(H,14,16). The van der Waals surface area contributed by atoms with E-state index in [0.717, 1.165) is 12.1 Å². The number of carbonyl (C=O) groups is 2. The van der Waals surface area contributed by atoms with Gasteiger partial charge in [-0.15, -0.1) is 0 Å². The Morgan fingerprint density at radius 1 is 1.32 bits per heavy atom. The van der Waals surface area contributed by atoms with Crippen LogP contribution in [-0.2, 0) is 9.53 Å². The molecule has 0 bridgehead atoms. The highest BCUT2D eigenvalue weighted by atomic mass is 16.6. The first-order valence-corrected chi connectivity index (χ1v) is 6.31. The molecule has 120 valence electrons. The number of methoxy groups -OCH3 is 1. The first-order chi connectivity index (χ1) is 10.4. The van der Waals surface area contributed by atoms with E-state index in [-0.39, 0.29) is 23.7 Å². The van der Waals surface area contributed by atoms with Gasteiger partial charge in [-0.1, -0.05) is 0 Å². The van der Waals surface area contributed by atoms with Crippen LogP contribution in [-0.4, -0.2) is 44.2 Å². The van der Waals surface area contributed by atoms with Gasteiger partial charge in [0.2, 0.25) is 0 Å². The topological polar surface area (TPSA) is 117 Å². The molecule has 0 heterocycles. The average molecular weight is 312 g/mol. The van der Waals surface area contributed by atoms with E-state index in [1.807, 2.05) is 0 Å².